The average Bonchev–Trinajstić information content (AvgIpc) is 2.68. The number of carboxylic acids is 2. The molecule has 1 aromatic rings. The zero-order valence-corrected chi connectivity index (χ0v) is 13.0. The molecule has 8 heteroatoms. The summed E-state index contributed by atoms with van der Waals surface area (Å²) < 4.78 is 26.8. The van der Waals surface area contributed by atoms with Gasteiger partial charge in [-0.05, 0) is 36.5 Å². The molecule has 0 saturated heterocycles. The number of fused-ring (bicyclic) bond motifs is 1. The molecule has 0 saturated carbocycles. The smallest absolute Gasteiger partial charge is 0.322 e. The van der Waals surface area contributed by atoms with E-state index in [1.165, 1.54) is 6.08 Å². The van der Waals surface area contributed by atoms with Gasteiger partial charge >= 0.3 is 11.9 Å². The highest BCUT2D eigenvalue weighted by Gasteiger charge is 2.29. The number of hydrogen-bond donors (Lipinski definition) is 3. The van der Waals surface area contributed by atoms with Crippen LogP contribution in [0.3, 0.4) is 0 Å². The van der Waals surface area contributed by atoms with Crippen LogP contribution in [0, 0.1) is 0 Å². The Labute approximate surface area is 133 Å². The summed E-state index contributed by atoms with van der Waals surface area (Å²) in [5.74, 6) is -2.91. The van der Waals surface area contributed by atoms with Crippen molar-refractivity contribution in [2.45, 2.75) is 31.7 Å². The van der Waals surface area contributed by atoms with Gasteiger partial charge in [0.2, 0.25) is 10.0 Å². The second-order valence-electron chi connectivity index (χ2n) is 5.27. The first kappa shape index (κ1) is 17.2. The quantitative estimate of drug-likeness (QED) is 0.716. The molecular weight excluding hydrogens is 322 g/mol. The van der Waals surface area contributed by atoms with E-state index in [2.05, 4.69) is 0 Å². The number of carboxylic acid groups (broad SMARTS) is 2. The van der Waals surface area contributed by atoms with Crippen LogP contribution in [-0.4, -0.2) is 36.6 Å². The van der Waals surface area contributed by atoms with E-state index in [1.54, 1.807) is 12.1 Å². The van der Waals surface area contributed by atoms with Crippen LogP contribution >= 0.6 is 0 Å². The Morgan fingerprint density at radius 1 is 1.17 bits per heavy atom. The van der Waals surface area contributed by atoms with Gasteiger partial charge in [-0.15, -0.1) is 0 Å². The molecular formula is C15H17NO6S. The molecule has 0 radical (unpaired) electrons. The van der Waals surface area contributed by atoms with Crippen LogP contribution in [-0.2, 0) is 26.0 Å². The fourth-order valence-corrected chi connectivity index (χ4v) is 3.84. The number of allylic oxidation sites excluding steroid dienone is 1. The summed E-state index contributed by atoms with van der Waals surface area (Å²) in [4.78, 5) is 21.8. The Kier molecular flexibility index (Phi) is 5.17. The van der Waals surface area contributed by atoms with Crippen LogP contribution in [0.15, 0.2) is 29.2 Å². The van der Waals surface area contributed by atoms with Crippen molar-refractivity contribution in [3.8, 4) is 0 Å². The first-order valence-electron chi connectivity index (χ1n) is 7.05. The standard InChI is InChI=1S/C15H17NO6S/c17-14(18)9-13(15(19)20)16-23(21,22)12-7-3-6-10-4-1-2-5-11(10)8-12/h1-2,4-5,8,13,16H,3,6-7,9H2,(H,17,18)(H,19,20)/t13-/m1/s1. The van der Waals surface area contributed by atoms with Crippen molar-refractivity contribution in [3.63, 3.8) is 0 Å². The molecule has 0 heterocycles. The summed E-state index contributed by atoms with van der Waals surface area (Å²) in [6.45, 7) is 0. The van der Waals surface area contributed by atoms with Crippen molar-refractivity contribution in [1.82, 2.24) is 4.72 Å². The lowest BCUT2D eigenvalue weighted by Crippen LogP contribution is -2.42. The van der Waals surface area contributed by atoms with E-state index in [0.717, 1.165) is 17.5 Å². The van der Waals surface area contributed by atoms with Crippen LogP contribution in [0.5, 0.6) is 0 Å². The van der Waals surface area contributed by atoms with Crippen molar-refractivity contribution in [2.75, 3.05) is 0 Å². The fraction of sp³-hybridized carbons (Fsp3) is 0.333. The third kappa shape index (κ3) is 4.40. The van der Waals surface area contributed by atoms with Gasteiger partial charge in [0.1, 0.15) is 6.04 Å². The lowest BCUT2D eigenvalue weighted by atomic mass is 10.1. The zero-order valence-electron chi connectivity index (χ0n) is 12.2. The molecule has 23 heavy (non-hydrogen) atoms. The van der Waals surface area contributed by atoms with E-state index >= 15 is 0 Å². The van der Waals surface area contributed by atoms with Gasteiger partial charge in [-0.3, -0.25) is 9.59 Å². The maximum atomic E-state index is 12.4. The average molecular weight is 339 g/mol. The van der Waals surface area contributed by atoms with Gasteiger partial charge in [-0.1, -0.05) is 24.3 Å². The van der Waals surface area contributed by atoms with Gasteiger partial charge in [0.15, 0.2) is 0 Å². The highest BCUT2D eigenvalue weighted by Crippen LogP contribution is 2.25. The molecule has 1 aliphatic carbocycles. The zero-order chi connectivity index (χ0) is 17.0. The highest BCUT2D eigenvalue weighted by molar-refractivity contribution is 7.93. The summed E-state index contributed by atoms with van der Waals surface area (Å²) in [7, 11) is -4.07. The minimum absolute atomic E-state index is 0.0686. The monoisotopic (exact) mass is 339 g/mol. The van der Waals surface area contributed by atoms with Crippen molar-refractivity contribution in [2.24, 2.45) is 0 Å². The number of hydrogen-bond acceptors (Lipinski definition) is 4. The van der Waals surface area contributed by atoms with Crippen LogP contribution in [0.25, 0.3) is 6.08 Å². The molecule has 0 unspecified atom stereocenters. The van der Waals surface area contributed by atoms with Crippen LogP contribution in [0.4, 0.5) is 0 Å². The van der Waals surface area contributed by atoms with Crippen molar-refractivity contribution in [3.05, 3.63) is 40.3 Å². The number of benzene rings is 1. The summed E-state index contributed by atoms with van der Waals surface area (Å²) in [6, 6.07) is 5.68. The van der Waals surface area contributed by atoms with Gasteiger partial charge in [-0.25, -0.2) is 8.42 Å². The Balaban J connectivity index is 2.30. The normalized spacial score (nSPS) is 15.9. The summed E-state index contributed by atoms with van der Waals surface area (Å²) in [6.07, 6.45) is 2.30. The second-order valence-corrected chi connectivity index (χ2v) is 7.04. The van der Waals surface area contributed by atoms with E-state index in [0.29, 0.717) is 6.42 Å². The molecule has 0 bridgehead atoms. The van der Waals surface area contributed by atoms with Gasteiger partial charge in [0.25, 0.3) is 0 Å². The Morgan fingerprint density at radius 3 is 2.52 bits per heavy atom. The highest BCUT2D eigenvalue weighted by atomic mass is 32.2. The third-order valence-electron chi connectivity index (χ3n) is 3.56. The molecule has 1 aromatic carbocycles. The van der Waals surface area contributed by atoms with E-state index in [9.17, 15) is 18.0 Å². The number of aryl methyl sites for hydroxylation is 1. The lowest BCUT2D eigenvalue weighted by Gasteiger charge is -2.14. The molecule has 0 fully saturated rings. The predicted octanol–water partition coefficient (Wildman–Crippen LogP) is 1.21. The van der Waals surface area contributed by atoms with Gasteiger partial charge in [0, 0.05) is 0 Å². The number of sulfonamides is 1. The van der Waals surface area contributed by atoms with Crippen LogP contribution in [0.1, 0.15) is 30.4 Å². The maximum absolute atomic E-state index is 12.4. The molecule has 3 N–H and O–H groups in total. The molecule has 0 spiro atoms. The molecule has 1 atom stereocenters. The predicted molar refractivity (Wildman–Crippen MR) is 83.1 cm³/mol. The topological polar surface area (TPSA) is 121 Å². The fourth-order valence-electron chi connectivity index (χ4n) is 2.43. The molecule has 7 nitrogen and oxygen atoms in total. The largest absolute Gasteiger partial charge is 0.481 e. The lowest BCUT2D eigenvalue weighted by molar-refractivity contribution is -0.145. The van der Waals surface area contributed by atoms with Crippen molar-refractivity contribution in [1.29, 1.82) is 0 Å². The molecule has 0 amide bonds. The van der Waals surface area contributed by atoms with Gasteiger partial charge in [-0.2, -0.15) is 4.72 Å². The van der Waals surface area contributed by atoms with Gasteiger partial charge < -0.3 is 10.2 Å². The minimum Gasteiger partial charge on any atom is -0.481 e. The molecule has 1 aliphatic rings. The number of nitrogens with one attached hydrogen (secondary N) is 1. The van der Waals surface area contributed by atoms with E-state index in [-0.39, 0.29) is 11.3 Å². The SMILES string of the molecule is O=C(O)C[C@@H](NS(=O)(=O)C1=Cc2ccccc2CCC1)C(=O)O. The summed E-state index contributed by atoms with van der Waals surface area (Å²) >= 11 is 0. The Morgan fingerprint density at radius 2 is 1.87 bits per heavy atom. The molecule has 0 aromatic heterocycles. The van der Waals surface area contributed by atoms with Crippen molar-refractivity contribution >= 4 is 28.0 Å². The maximum Gasteiger partial charge on any atom is 0.322 e. The van der Waals surface area contributed by atoms with Gasteiger partial charge in [0.05, 0.1) is 11.3 Å². The first-order valence-corrected chi connectivity index (χ1v) is 8.53. The number of aliphatic carboxylic acids is 2. The van der Waals surface area contributed by atoms with Crippen LogP contribution in [0.2, 0.25) is 0 Å². The Bertz CT molecular complexity index is 753. The summed E-state index contributed by atoms with van der Waals surface area (Å²) in [5, 5.41) is 17.7. The summed E-state index contributed by atoms with van der Waals surface area (Å²) in [5.41, 5.74) is 1.80. The van der Waals surface area contributed by atoms with Crippen molar-refractivity contribution < 1.29 is 28.2 Å². The number of carbonyl (C=O) groups is 2. The molecule has 0 aliphatic heterocycles. The molecule has 124 valence electrons. The first-order chi connectivity index (χ1) is 10.8. The number of rotatable bonds is 6. The third-order valence-corrected chi connectivity index (χ3v) is 5.17. The van der Waals surface area contributed by atoms with E-state index in [4.69, 9.17) is 10.2 Å². The van der Waals surface area contributed by atoms with E-state index < -0.39 is 34.4 Å². The Hall–Kier alpha value is -2.19. The minimum atomic E-state index is -4.07. The van der Waals surface area contributed by atoms with Crippen LogP contribution < -0.4 is 4.72 Å². The molecule has 2 rings (SSSR count). The van der Waals surface area contributed by atoms with E-state index in [1.807, 2.05) is 16.9 Å². The second kappa shape index (κ2) is 6.93.